The number of aryl methyl sites for hydroxylation is 1. The molecule has 0 saturated carbocycles. The lowest BCUT2D eigenvalue weighted by atomic mass is 10.2. The molecule has 0 aliphatic carbocycles. The lowest BCUT2D eigenvalue weighted by Crippen LogP contribution is -2.34. The molecule has 0 spiro atoms. The molecule has 1 aromatic carbocycles. The standard InChI is InChI=1S/C12H8ClFN2O4/c1-5-2-10(17)16(12(20)15-5)9-3-6(11(18)19)7(13)4-8(9)14/h2-4H,1H3,(H,15,20)(H,18,19). The maximum absolute atomic E-state index is 13.9. The second kappa shape index (κ2) is 4.93. The van der Waals surface area contributed by atoms with E-state index in [9.17, 15) is 18.8 Å². The second-order valence-electron chi connectivity index (χ2n) is 4.02. The molecule has 0 atom stereocenters. The van der Waals surface area contributed by atoms with Gasteiger partial charge in [0.25, 0.3) is 5.56 Å². The van der Waals surface area contributed by atoms with Crippen LogP contribution in [0.1, 0.15) is 16.1 Å². The van der Waals surface area contributed by atoms with Gasteiger partial charge in [0.05, 0.1) is 16.3 Å². The fourth-order valence-corrected chi connectivity index (χ4v) is 1.94. The van der Waals surface area contributed by atoms with Crippen molar-refractivity contribution >= 4 is 17.6 Å². The van der Waals surface area contributed by atoms with Gasteiger partial charge in [-0.3, -0.25) is 4.79 Å². The molecule has 1 heterocycles. The van der Waals surface area contributed by atoms with Crippen LogP contribution in [0.5, 0.6) is 0 Å². The highest BCUT2D eigenvalue weighted by molar-refractivity contribution is 6.33. The van der Waals surface area contributed by atoms with Gasteiger partial charge < -0.3 is 10.1 Å². The topological polar surface area (TPSA) is 92.2 Å². The highest BCUT2D eigenvalue weighted by atomic mass is 35.5. The third-order valence-electron chi connectivity index (χ3n) is 2.58. The van der Waals surface area contributed by atoms with Gasteiger partial charge in [0.15, 0.2) is 0 Å². The number of rotatable bonds is 2. The average molecular weight is 299 g/mol. The van der Waals surface area contributed by atoms with Crippen molar-refractivity contribution in [2.45, 2.75) is 6.92 Å². The van der Waals surface area contributed by atoms with Crippen LogP contribution in [0, 0.1) is 12.7 Å². The summed E-state index contributed by atoms with van der Waals surface area (Å²) < 4.78 is 14.4. The van der Waals surface area contributed by atoms with E-state index in [2.05, 4.69) is 4.98 Å². The lowest BCUT2D eigenvalue weighted by molar-refractivity contribution is 0.0697. The highest BCUT2D eigenvalue weighted by Gasteiger charge is 2.17. The van der Waals surface area contributed by atoms with Crippen molar-refractivity contribution in [1.82, 2.24) is 9.55 Å². The van der Waals surface area contributed by atoms with Crippen LogP contribution in [0.25, 0.3) is 5.69 Å². The Morgan fingerprint density at radius 1 is 1.35 bits per heavy atom. The van der Waals surface area contributed by atoms with Crippen molar-refractivity contribution in [2.24, 2.45) is 0 Å². The molecule has 2 rings (SSSR count). The number of aromatic carboxylic acids is 1. The summed E-state index contributed by atoms with van der Waals surface area (Å²) in [7, 11) is 0. The molecule has 2 aromatic rings. The maximum atomic E-state index is 13.9. The monoisotopic (exact) mass is 298 g/mol. The van der Waals surface area contributed by atoms with Crippen molar-refractivity contribution in [3.05, 3.63) is 61.1 Å². The van der Waals surface area contributed by atoms with Crippen LogP contribution in [-0.2, 0) is 0 Å². The number of benzene rings is 1. The fraction of sp³-hybridized carbons (Fsp3) is 0.0833. The summed E-state index contributed by atoms with van der Waals surface area (Å²) in [4.78, 5) is 36.8. The average Bonchev–Trinajstić information content (AvgIpc) is 2.29. The molecule has 0 amide bonds. The number of H-pyrrole nitrogens is 1. The summed E-state index contributed by atoms with van der Waals surface area (Å²) in [5, 5.41) is 8.61. The minimum Gasteiger partial charge on any atom is -0.478 e. The van der Waals surface area contributed by atoms with Crippen molar-refractivity contribution in [3.8, 4) is 5.69 Å². The van der Waals surface area contributed by atoms with Crippen LogP contribution in [0.3, 0.4) is 0 Å². The number of aromatic nitrogens is 2. The molecule has 0 aliphatic rings. The molecule has 0 bridgehead atoms. The van der Waals surface area contributed by atoms with E-state index < -0.39 is 34.3 Å². The van der Waals surface area contributed by atoms with Crippen LogP contribution >= 0.6 is 11.6 Å². The summed E-state index contributed by atoms with van der Waals surface area (Å²) in [6.07, 6.45) is 0. The Hall–Kier alpha value is -2.41. The smallest absolute Gasteiger partial charge is 0.337 e. The molecule has 1 aromatic heterocycles. The van der Waals surface area contributed by atoms with Gasteiger partial charge in [-0.15, -0.1) is 0 Å². The van der Waals surface area contributed by atoms with E-state index in [0.717, 1.165) is 18.2 Å². The number of aromatic amines is 1. The Kier molecular flexibility index (Phi) is 3.46. The molecular formula is C12H8ClFN2O4. The second-order valence-corrected chi connectivity index (χ2v) is 4.43. The van der Waals surface area contributed by atoms with Gasteiger partial charge >= 0.3 is 11.7 Å². The van der Waals surface area contributed by atoms with Crippen molar-refractivity contribution in [1.29, 1.82) is 0 Å². The van der Waals surface area contributed by atoms with Gasteiger partial charge in [0, 0.05) is 11.8 Å². The van der Waals surface area contributed by atoms with E-state index in [4.69, 9.17) is 16.7 Å². The largest absolute Gasteiger partial charge is 0.478 e. The molecule has 0 saturated heterocycles. The molecule has 0 radical (unpaired) electrons. The Balaban J connectivity index is 2.84. The van der Waals surface area contributed by atoms with E-state index in [-0.39, 0.29) is 5.02 Å². The molecule has 0 aliphatic heterocycles. The first kappa shape index (κ1) is 14.0. The molecule has 20 heavy (non-hydrogen) atoms. The Bertz CT molecular complexity index is 794. The van der Waals surface area contributed by atoms with Crippen molar-refractivity contribution < 1.29 is 14.3 Å². The molecular weight excluding hydrogens is 291 g/mol. The van der Waals surface area contributed by atoms with E-state index >= 15 is 0 Å². The van der Waals surface area contributed by atoms with E-state index in [0.29, 0.717) is 10.3 Å². The molecule has 2 N–H and O–H groups in total. The Morgan fingerprint density at radius 2 is 2.00 bits per heavy atom. The summed E-state index contributed by atoms with van der Waals surface area (Å²) >= 11 is 5.59. The van der Waals surface area contributed by atoms with Gasteiger partial charge in [0.2, 0.25) is 0 Å². The van der Waals surface area contributed by atoms with Gasteiger partial charge in [-0.1, -0.05) is 11.6 Å². The summed E-state index contributed by atoms with van der Waals surface area (Å²) in [6, 6.07) is 2.67. The molecule has 6 nitrogen and oxygen atoms in total. The van der Waals surface area contributed by atoms with Crippen molar-refractivity contribution in [3.63, 3.8) is 0 Å². The predicted octanol–water partition coefficient (Wildman–Crippen LogP) is 1.32. The SMILES string of the molecule is Cc1cc(=O)n(-c2cc(C(=O)O)c(Cl)cc2F)c(=O)[nH]1. The zero-order valence-corrected chi connectivity index (χ0v) is 10.9. The van der Waals surface area contributed by atoms with Crippen LogP contribution in [0.2, 0.25) is 5.02 Å². The highest BCUT2D eigenvalue weighted by Crippen LogP contribution is 2.22. The van der Waals surface area contributed by atoms with Crippen LogP contribution in [0.15, 0.2) is 27.8 Å². The molecule has 0 unspecified atom stereocenters. The minimum absolute atomic E-state index is 0.309. The third-order valence-corrected chi connectivity index (χ3v) is 2.89. The van der Waals surface area contributed by atoms with Gasteiger partial charge in [-0.25, -0.2) is 18.5 Å². The van der Waals surface area contributed by atoms with Gasteiger partial charge in [0.1, 0.15) is 5.82 Å². The summed E-state index contributed by atoms with van der Waals surface area (Å²) in [6.45, 7) is 1.49. The van der Waals surface area contributed by atoms with Gasteiger partial charge in [-0.2, -0.15) is 0 Å². The van der Waals surface area contributed by atoms with Crippen LogP contribution < -0.4 is 11.2 Å². The van der Waals surface area contributed by atoms with Crippen LogP contribution in [0.4, 0.5) is 4.39 Å². The molecule has 8 heteroatoms. The van der Waals surface area contributed by atoms with Gasteiger partial charge in [-0.05, 0) is 19.1 Å². The number of nitrogens with zero attached hydrogens (tertiary/aromatic N) is 1. The number of hydrogen-bond donors (Lipinski definition) is 2. The normalized spacial score (nSPS) is 10.6. The minimum atomic E-state index is -1.40. The number of carboxylic acid groups (broad SMARTS) is 1. The molecule has 0 fully saturated rings. The number of hydrogen-bond acceptors (Lipinski definition) is 3. The lowest BCUT2D eigenvalue weighted by Gasteiger charge is -2.08. The van der Waals surface area contributed by atoms with E-state index in [1.54, 1.807) is 0 Å². The fourth-order valence-electron chi connectivity index (χ4n) is 1.71. The summed E-state index contributed by atoms with van der Waals surface area (Å²) in [5.74, 6) is -2.37. The van der Waals surface area contributed by atoms with Crippen molar-refractivity contribution in [2.75, 3.05) is 0 Å². The number of carboxylic acids is 1. The number of nitrogens with one attached hydrogen (secondary N) is 1. The zero-order valence-electron chi connectivity index (χ0n) is 10.1. The first-order valence-electron chi connectivity index (χ1n) is 5.37. The molecule has 104 valence electrons. The van der Waals surface area contributed by atoms with Crippen LogP contribution in [-0.4, -0.2) is 20.6 Å². The first-order valence-corrected chi connectivity index (χ1v) is 5.74. The summed E-state index contributed by atoms with van der Waals surface area (Å²) in [5.41, 5.74) is -2.21. The third kappa shape index (κ3) is 2.35. The Labute approximate surface area is 116 Å². The van der Waals surface area contributed by atoms with E-state index in [1.807, 2.05) is 0 Å². The zero-order chi connectivity index (χ0) is 15.0. The maximum Gasteiger partial charge on any atom is 0.337 e. The number of halogens is 2. The predicted molar refractivity (Wildman–Crippen MR) is 69.3 cm³/mol. The van der Waals surface area contributed by atoms with E-state index in [1.165, 1.54) is 6.92 Å². The quantitative estimate of drug-likeness (QED) is 0.874. The Morgan fingerprint density at radius 3 is 2.55 bits per heavy atom. The first-order chi connectivity index (χ1) is 9.31. The number of carbonyl (C=O) groups is 1.